The first-order chi connectivity index (χ1) is 12.6. The molecule has 0 radical (unpaired) electrons. The van der Waals surface area contributed by atoms with Gasteiger partial charge in [-0.05, 0) is 24.3 Å². The summed E-state index contributed by atoms with van der Waals surface area (Å²) in [6.07, 6.45) is 1.64. The summed E-state index contributed by atoms with van der Waals surface area (Å²) in [6, 6.07) is 10.1. The second-order valence-corrected chi connectivity index (χ2v) is 5.36. The Hall–Kier alpha value is -3.48. The number of ether oxygens (including phenoxy) is 4. The Labute approximate surface area is 150 Å². The Morgan fingerprint density at radius 2 is 1.58 bits per heavy atom. The molecule has 0 aliphatic rings. The number of hydrogen-bond acceptors (Lipinski definition) is 6. The molecule has 7 nitrogen and oxygen atoms in total. The molecular weight excluding hydrogens is 336 g/mol. The molecule has 1 heterocycles. The number of primary amides is 1. The van der Waals surface area contributed by atoms with E-state index in [1.54, 1.807) is 56.8 Å². The molecule has 0 saturated carbocycles. The summed E-state index contributed by atoms with van der Waals surface area (Å²) < 4.78 is 21.8. The molecule has 1 aromatic heterocycles. The molecule has 2 N–H and O–H groups in total. The maximum atomic E-state index is 11.4. The zero-order valence-corrected chi connectivity index (χ0v) is 14.6. The van der Waals surface area contributed by atoms with Gasteiger partial charge in [-0.2, -0.15) is 0 Å². The summed E-state index contributed by atoms with van der Waals surface area (Å²) in [5.74, 6) is 1.99. The highest BCUT2D eigenvalue weighted by Gasteiger charge is 2.13. The van der Waals surface area contributed by atoms with Crippen molar-refractivity contribution in [2.24, 2.45) is 5.73 Å². The van der Waals surface area contributed by atoms with Crippen molar-refractivity contribution in [2.75, 3.05) is 21.3 Å². The summed E-state index contributed by atoms with van der Waals surface area (Å²) in [4.78, 5) is 15.8. The fraction of sp³-hybridized carbons (Fsp3) is 0.158. The second kappa shape index (κ2) is 7.18. The molecule has 2 aromatic carbocycles. The van der Waals surface area contributed by atoms with Crippen molar-refractivity contribution in [1.29, 1.82) is 0 Å². The van der Waals surface area contributed by atoms with Gasteiger partial charge < -0.3 is 24.7 Å². The fourth-order valence-corrected chi connectivity index (χ4v) is 2.60. The second-order valence-electron chi connectivity index (χ2n) is 5.36. The van der Waals surface area contributed by atoms with Crippen LogP contribution in [0.4, 0.5) is 0 Å². The van der Waals surface area contributed by atoms with Crippen LogP contribution in [0, 0.1) is 0 Å². The van der Waals surface area contributed by atoms with Crippen molar-refractivity contribution in [3.8, 4) is 28.7 Å². The van der Waals surface area contributed by atoms with E-state index in [0.717, 1.165) is 5.39 Å². The third-order valence-corrected chi connectivity index (χ3v) is 3.87. The van der Waals surface area contributed by atoms with Gasteiger partial charge in [0.25, 0.3) is 5.91 Å². The lowest BCUT2D eigenvalue weighted by Gasteiger charge is -2.13. The van der Waals surface area contributed by atoms with Gasteiger partial charge in [0.15, 0.2) is 11.5 Å². The molecule has 3 rings (SSSR count). The minimum absolute atomic E-state index is 0.283. The molecule has 0 aliphatic carbocycles. The molecule has 0 spiro atoms. The summed E-state index contributed by atoms with van der Waals surface area (Å²) in [5, 5.41) is 0.753. The average molecular weight is 354 g/mol. The molecular formula is C19H18N2O5. The predicted molar refractivity (Wildman–Crippen MR) is 96.4 cm³/mol. The van der Waals surface area contributed by atoms with Crippen LogP contribution in [0.5, 0.6) is 28.7 Å². The van der Waals surface area contributed by atoms with Gasteiger partial charge in [0.05, 0.1) is 32.4 Å². The number of aromatic nitrogens is 1. The molecule has 1 amide bonds. The number of nitrogens with zero attached hydrogens (tertiary/aromatic N) is 1. The lowest BCUT2D eigenvalue weighted by Crippen LogP contribution is -2.12. The number of amides is 1. The Morgan fingerprint density at radius 1 is 0.885 bits per heavy atom. The smallest absolute Gasteiger partial charge is 0.252 e. The van der Waals surface area contributed by atoms with Gasteiger partial charge in [-0.3, -0.25) is 9.78 Å². The summed E-state index contributed by atoms with van der Waals surface area (Å²) in [6.45, 7) is 0. The highest BCUT2D eigenvalue weighted by molar-refractivity contribution is 5.96. The van der Waals surface area contributed by atoms with Crippen molar-refractivity contribution >= 4 is 16.8 Å². The lowest BCUT2D eigenvalue weighted by atomic mass is 10.1. The van der Waals surface area contributed by atoms with Crippen LogP contribution in [0.3, 0.4) is 0 Å². The van der Waals surface area contributed by atoms with Crippen LogP contribution in [0.25, 0.3) is 10.9 Å². The van der Waals surface area contributed by atoms with Gasteiger partial charge in [0.2, 0.25) is 0 Å². The van der Waals surface area contributed by atoms with Crippen LogP contribution >= 0.6 is 0 Å². The highest BCUT2D eigenvalue weighted by atomic mass is 16.5. The average Bonchev–Trinajstić information content (AvgIpc) is 2.66. The first kappa shape index (κ1) is 17.3. The van der Waals surface area contributed by atoms with E-state index < -0.39 is 5.91 Å². The van der Waals surface area contributed by atoms with E-state index in [9.17, 15) is 4.79 Å². The number of benzene rings is 2. The van der Waals surface area contributed by atoms with Gasteiger partial charge >= 0.3 is 0 Å². The zero-order chi connectivity index (χ0) is 18.7. The SMILES string of the molecule is COc1cc2nccc(Oc3ccc(C(N)=O)c(OC)c3)c2cc1OC. The third-order valence-electron chi connectivity index (χ3n) is 3.87. The predicted octanol–water partition coefficient (Wildman–Crippen LogP) is 3.15. The normalized spacial score (nSPS) is 10.4. The van der Waals surface area contributed by atoms with Crippen LogP contribution < -0.4 is 24.7 Å². The van der Waals surface area contributed by atoms with E-state index in [2.05, 4.69) is 4.98 Å². The highest BCUT2D eigenvalue weighted by Crippen LogP contribution is 2.37. The van der Waals surface area contributed by atoms with Gasteiger partial charge in [0, 0.05) is 23.7 Å². The van der Waals surface area contributed by atoms with E-state index in [1.165, 1.54) is 7.11 Å². The fourth-order valence-electron chi connectivity index (χ4n) is 2.60. The molecule has 3 aromatic rings. The monoisotopic (exact) mass is 354 g/mol. The molecule has 0 saturated heterocycles. The quantitative estimate of drug-likeness (QED) is 0.731. The summed E-state index contributed by atoms with van der Waals surface area (Å²) in [7, 11) is 4.59. The molecule has 0 unspecified atom stereocenters. The largest absolute Gasteiger partial charge is 0.496 e. The van der Waals surface area contributed by atoms with Gasteiger partial charge in [-0.15, -0.1) is 0 Å². The molecule has 0 bridgehead atoms. The lowest BCUT2D eigenvalue weighted by molar-refractivity contribution is 0.0997. The Balaban J connectivity index is 2.05. The van der Waals surface area contributed by atoms with Crippen molar-refractivity contribution in [2.45, 2.75) is 0 Å². The number of hydrogen-bond donors (Lipinski definition) is 1. The third kappa shape index (κ3) is 3.19. The number of carbonyl (C=O) groups excluding carboxylic acids is 1. The topological polar surface area (TPSA) is 92.9 Å². The van der Waals surface area contributed by atoms with E-state index >= 15 is 0 Å². The van der Waals surface area contributed by atoms with Crippen LogP contribution in [-0.4, -0.2) is 32.2 Å². The van der Waals surface area contributed by atoms with Gasteiger partial charge in [-0.1, -0.05) is 0 Å². The molecule has 0 atom stereocenters. The van der Waals surface area contributed by atoms with Crippen molar-refractivity contribution in [1.82, 2.24) is 4.98 Å². The number of rotatable bonds is 6. The number of fused-ring (bicyclic) bond motifs is 1. The number of nitrogens with two attached hydrogens (primary N) is 1. The van der Waals surface area contributed by atoms with Crippen LogP contribution in [0.2, 0.25) is 0 Å². The van der Waals surface area contributed by atoms with E-state index in [1.807, 2.05) is 0 Å². The summed E-state index contributed by atoms with van der Waals surface area (Å²) in [5.41, 5.74) is 6.31. The first-order valence-electron chi connectivity index (χ1n) is 7.73. The zero-order valence-electron chi connectivity index (χ0n) is 14.6. The number of methoxy groups -OCH3 is 3. The van der Waals surface area contributed by atoms with Crippen molar-refractivity contribution < 1.29 is 23.7 Å². The molecule has 0 fully saturated rings. The van der Waals surface area contributed by atoms with Crippen molar-refractivity contribution in [3.63, 3.8) is 0 Å². The number of carbonyl (C=O) groups is 1. The standard InChI is InChI=1S/C19H18N2O5/c1-23-16-8-11(4-5-12(16)19(20)22)26-15-6-7-21-14-10-18(25-3)17(24-2)9-13(14)15/h4-10H,1-3H3,(H2,20,22). The van der Waals surface area contributed by atoms with E-state index in [-0.39, 0.29) is 5.56 Å². The van der Waals surface area contributed by atoms with E-state index in [4.69, 9.17) is 24.7 Å². The van der Waals surface area contributed by atoms with Crippen LogP contribution in [0.15, 0.2) is 42.6 Å². The Bertz CT molecular complexity index is 972. The van der Waals surface area contributed by atoms with E-state index in [0.29, 0.717) is 34.3 Å². The maximum absolute atomic E-state index is 11.4. The molecule has 0 aliphatic heterocycles. The van der Waals surface area contributed by atoms with Gasteiger partial charge in [0.1, 0.15) is 17.2 Å². The van der Waals surface area contributed by atoms with Crippen LogP contribution in [0.1, 0.15) is 10.4 Å². The minimum Gasteiger partial charge on any atom is -0.496 e. The number of pyridine rings is 1. The Morgan fingerprint density at radius 3 is 2.23 bits per heavy atom. The van der Waals surface area contributed by atoms with Gasteiger partial charge in [-0.25, -0.2) is 0 Å². The van der Waals surface area contributed by atoms with Crippen molar-refractivity contribution in [3.05, 3.63) is 48.2 Å². The molecule has 134 valence electrons. The first-order valence-corrected chi connectivity index (χ1v) is 7.73. The molecule has 26 heavy (non-hydrogen) atoms. The minimum atomic E-state index is -0.570. The Kier molecular flexibility index (Phi) is 4.79. The molecule has 7 heteroatoms. The summed E-state index contributed by atoms with van der Waals surface area (Å²) >= 11 is 0. The maximum Gasteiger partial charge on any atom is 0.252 e. The van der Waals surface area contributed by atoms with Crippen LogP contribution in [-0.2, 0) is 0 Å².